The van der Waals surface area contributed by atoms with Crippen molar-refractivity contribution in [1.29, 1.82) is 0 Å². The van der Waals surface area contributed by atoms with Crippen LogP contribution in [0.1, 0.15) is 30.1 Å². The van der Waals surface area contributed by atoms with E-state index in [1.165, 1.54) is 6.07 Å². The molecule has 2 aromatic rings. The molecule has 27 heavy (non-hydrogen) atoms. The predicted octanol–water partition coefficient (Wildman–Crippen LogP) is 2.83. The van der Waals surface area contributed by atoms with Crippen LogP contribution in [0.4, 0.5) is 4.39 Å². The molecule has 2 N–H and O–H groups in total. The first-order chi connectivity index (χ1) is 12.6. The van der Waals surface area contributed by atoms with Crippen molar-refractivity contribution in [3.63, 3.8) is 0 Å². The molecule has 1 aliphatic rings. The van der Waals surface area contributed by atoms with Crippen molar-refractivity contribution in [2.75, 3.05) is 13.1 Å². The molecule has 0 atom stereocenters. The number of hydrogen-bond donors (Lipinski definition) is 2. The van der Waals surface area contributed by atoms with Crippen molar-refractivity contribution in [1.82, 2.24) is 25.4 Å². The molecule has 0 unspecified atom stereocenters. The fraction of sp³-hybridized carbons (Fsp3) is 0.421. The summed E-state index contributed by atoms with van der Waals surface area (Å²) in [5.74, 6) is 2.16. The van der Waals surface area contributed by atoms with E-state index < -0.39 is 0 Å². The van der Waals surface area contributed by atoms with Crippen LogP contribution in [0.3, 0.4) is 0 Å². The molecule has 1 fully saturated rings. The lowest BCUT2D eigenvalue weighted by molar-refractivity contribution is 0.560. The standard InChI is InChI=1S/C19H25FN6.HI/c1-4-11-21-18(22-12-17-25-24-14(2)26(17)3)23-13-19(9-10-19)15-7-5-6-8-16(15)20;/h4-8H,1,9-13H2,2-3H3,(H2,21,22,23);1H. The van der Waals surface area contributed by atoms with Gasteiger partial charge in [0, 0.05) is 25.6 Å². The fourth-order valence-electron chi connectivity index (χ4n) is 2.92. The van der Waals surface area contributed by atoms with Gasteiger partial charge in [-0.25, -0.2) is 9.38 Å². The average molecular weight is 484 g/mol. The maximum atomic E-state index is 14.2. The Morgan fingerprint density at radius 3 is 2.67 bits per heavy atom. The quantitative estimate of drug-likeness (QED) is 0.275. The molecule has 1 aromatic heterocycles. The number of guanidine groups is 1. The summed E-state index contributed by atoms with van der Waals surface area (Å²) in [6.45, 7) is 7.27. The van der Waals surface area contributed by atoms with E-state index in [2.05, 4.69) is 32.4 Å². The Hall–Kier alpha value is -1.97. The molecule has 0 radical (unpaired) electrons. The second kappa shape index (κ2) is 9.29. The number of aromatic nitrogens is 3. The molecule has 1 aliphatic carbocycles. The first kappa shape index (κ1) is 21.3. The van der Waals surface area contributed by atoms with E-state index in [1.54, 1.807) is 12.1 Å². The molecule has 0 spiro atoms. The summed E-state index contributed by atoms with van der Waals surface area (Å²) >= 11 is 0. The van der Waals surface area contributed by atoms with Gasteiger partial charge in [-0.05, 0) is 31.4 Å². The Labute approximate surface area is 176 Å². The Bertz CT molecular complexity index is 812. The minimum atomic E-state index is -0.149. The van der Waals surface area contributed by atoms with Gasteiger partial charge in [0.15, 0.2) is 11.8 Å². The first-order valence-electron chi connectivity index (χ1n) is 8.79. The molecule has 0 aliphatic heterocycles. The summed E-state index contributed by atoms with van der Waals surface area (Å²) in [4.78, 5) is 4.58. The van der Waals surface area contributed by atoms with Gasteiger partial charge in [0.25, 0.3) is 0 Å². The van der Waals surface area contributed by atoms with E-state index in [9.17, 15) is 4.39 Å². The number of nitrogens with one attached hydrogen (secondary N) is 2. The lowest BCUT2D eigenvalue weighted by Crippen LogP contribution is -2.41. The molecular weight excluding hydrogens is 458 g/mol. The van der Waals surface area contributed by atoms with Crippen molar-refractivity contribution < 1.29 is 4.39 Å². The Kier molecular flexibility index (Phi) is 7.34. The highest BCUT2D eigenvalue weighted by molar-refractivity contribution is 14.0. The predicted molar refractivity (Wildman–Crippen MR) is 116 cm³/mol. The Balaban J connectivity index is 0.00000261. The number of halogens is 2. The smallest absolute Gasteiger partial charge is 0.191 e. The molecule has 0 amide bonds. The fourth-order valence-corrected chi connectivity index (χ4v) is 2.92. The third-order valence-corrected chi connectivity index (χ3v) is 4.87. The van der Waals surface area contributed by atoms with Gasteiger partial charge in [-0.1, -0.05) is 24.3 Å². The second-order valence-electron chi connectivity index (χ2n) is 6.67. The van der Waals surface area contributed by atoms with E-state index in [0.717, 1.165) is 30.1 Å². The molecule has 1 aromatic carbocycles. The van der Waals surface area contributed by atoms with E-state index in [1.807, 2.05) is 30.7 Å². The molecule has 8 heteroatoms. The second-order valence-corrected chi connectivity index (χ2v) is 6.67. The third-order valence-electron chi connectivity index (χ3n) is 4.87. The van der Waals surface area contributed by atoms with Crippen molar-refractivity contribution in [3.8, 4) is 0 Å². The van der Waals surface area contributed by atoms with Crippen molar-refractivity contribution in [2.24, 2.45) is 12.0 Å². The van der Waals surface area contributed by atoms with Gasteiger partial charge in [-0.15, -0.1) is 40.8 Å². The summed E-state index contributed by atoms with van der Waals surface area (Å²) in [5, 5.41) is 14.7. The minimum Gasteiger partial charge on any atom is -0.355 e. The summed E-state index contributed by atoms with van der Waals surface area (Å²) in [5.41, 5.74) is 0.628. The topological polar surface area (TPSA) is 67.1 Å². The lowest BCUT2D eigenvalue weighted by Gasteiger charge is -2.19. The van der Waals surface area contributed by atoms with Crippen LogP contribution in [0.2, 0.25) is 0 Å². The SMILES string of the molecule is C=CCNC(=NCc1nnc(C)n1C)NCC1(c2ccccc2F)CC1.I. The van der Waals surface area contributed by atoms with Crippen LogP contribution in [0, 0.1) is 12.7 Å². The van der Waals surface area contributed by atoms with Crippen LogP contribution in [0.5, 0.6) is 0 Å². The van der Waals surface area contributed by atoms with Gasteiger partial charge in [-0.2, -0.15) is 0 Å². The van der Waals surface area contributed by atoms with Gasteiger partial charge in [0.05, 0.1) is 0 Å². The first-order valence-corrected chi connectivity index (χ1v) is 8.79. The number of benzene rings is 1. The monoisotopic (exact) mass is 484 g/mol. The molecule has 1 heterocycles. The maximum Gasteiger partial charge on any atom is 0.191 e. The summed E-state index contributed by atoms with van der Waals surface area (Å²) in [6.07, 6.45) is 3.71. The van der Waals surface area contributed by atoms with Gasteiger partial charge in [0.2, 0.25) is 0 Å². The van der Waals surface area contributed by atoms with Crippen LogP contribution >= 0.6 is 24.0 Å². The highest BCUT2D eigenvalue weighted by Gasteiger charge is 2.45. The number of aliphatic imine (C=N–C) groups is 1. The van der Waals surface area contributed by atoms with Crippen LogP contribution in [0.15, 0.2) is 41.9 Å². The Morgan fingerprint density at radius 1 is 1.33 bits per heavy atom. The lowest BCUT2D eigenvalue weighted by atomic mass is 9.95. The van der Waals surface area contributed by atoms with Crippen LogP contribution in [-0.4, -0.2) is 33.8 Å². The third kappa shape index (κ3) is 5.06. The summed E-state index contributed by atoms with van der Waals surface area (Å²) < 4.78 is 16.1. The van der Waals surface area contributed by atoms with Crippen molar-refractivity contribution in [3.05, 3.63) is 59.9 Å². The maximum absolute atomic E-state index is 14.2. The van der Waals surface area contributed by atoms with Crippen LogP contribution in [-0.2, 0) is 19.0 Å². The van der Waals surface area contributed by atoms with Gasteiger partial charge >= 0.3 is 0 Å². The highest BCUT2D eigenvalue weighted by atomic mass is 127. The zero-order valence-electron chi connectivity index (χ0n) is 15.7. The van der Waals surface area contributed by atoms with Crippen LogP contribution in [0.25, 0.3) is 0 Å². The molecule has 0 bridgehead atoms. The van der Waals surface area contributed by atoms with Crippen molar-refractivity contribution in [2.45, 2.75) is 31.7 Å². The zero-order valence-corrected chi connectivity index (χ0v) is 18.0. The van der Waals surface area contributed by atoms with Crippen LogP contribution < -0.4 is 10.6 Å². The normalized spacial score (nSPS) is 15.0. The molecule has 1 saturated carbocycles. The van der Waals surface area contributed by atoms with E-state index in [0.29, 0.717) is 25.6 Å². The number of aryl methyl sites for hydroxylation is 1. The van der Waals surface area contributed by atoms with Gasteiger partial charge in [0.1, 0.15) is 18.2 Å². The highest BCUT2D eigenvalue weighted by Crippen LogP contribution is 2.48. The molecular formula is C19H26FIN6. The minimum absolute atomic E-state index is 0. The van der Waals surface area contributed by atoms with E-state index in [-0.39, 0.29) is 35.2 Å². The number of nitrogens with zero attached hydrogens (tertiary/aromatic N) is 4. The average Bonchev–Trinajstić information content (AvgIpc) is 3.36. The van der Waals surface area contributed by atoms with Gasteiger partial charge in [-0.3, -0.25) is 0 Å². The Morgan fingerprint density at radius 2 is 2.07 bits per heavy atom. The van der Waals surface area contributed by atoms with Gasteiger partial charge < -0.3 is 15.2 Å². The summed E-state index contributed by atoms with van der Waals surface area (Å²) in [6, 6.07) is 7.01. The largest absolute Gasteiger partial charge is 0.355 e. The number of rotatable bonds is 7. The molecule has 0 saturated heterocycles. The molecule has 3 rings (SSSR count). The summed E-state index contributed by atoms with van der Waals surface area (Å²) in [7, 11) is 1.92. The number of hydrogen-bond acceptors (Lipinski definition) is 3. The van der Waals surface area contributed by atoms with E-state index >= 15 is 0 Å². The molecule has 6 nitrogen and oxygen atoms in total. The molecule has 146 valence electrons. The zero-order chi connectivity index (χ0) is 18.6. The van der Waals surface area contributed by atoms with Crippen molar-refractivity contribution >= 4 is 29.9 Å². The van der Waals surface area contributed by atoms with E-state index in [4.69, 9.17) is 0 Å².